The van der Waals surface area contributed by atoms with Crippen molar-refractivity contribution in [2.75, 3.05) is 33.2 Å². The second-order valence-corrected chi connectivity index (χ2v) is 5.27. The Morgan fingerprint density at radius 3 is 2.68 bits per heavy atom. The Morgan fingerprint density at radius 2 is 2.11 bits per heavy atom. The Hall–Kier alpha value is -1.04. The van der Waals surface area contributed by atoms with Crippen LogP contribution in [0.1, 0.15) is 18.5 Å². The lowest BCUT2D eigenvalue weighted by molar-refractivity contribution is 0.0622. The fourth-order valence-electron chi connectivity index (χ4n) is 2.83. The van der Waals surface area contributed by atoms with E-state index in [1.807, 2.05) is 0 Å². The van der Waals surface area contributed by atoms with Gasteiger partial charge in [0.05, 0.1) is 6.04 Å². The molecule has 0 aromatic heterocycles. The SMILES string of the molecule is CC1CN(C)CCN1C(CN)c1ccc(F)cc1F. The van der Waals surface area contributed by atoms with Crippen LogP contribution in [-0.4, -0.2) is 49.1 Å². The van der Waals surface area contributed by atoms with Gasteiger partial charge in [0.15, 0.2) is 0 Å². The van der Waals surface area contributed by atoms with E-state index in [4.69, 9.17) is 5.73 Å². The second kappa shape index (κ2) is 5.94. The fourth-order valence-corrected chi connectivity index (χ4v) is 2.83. The molecule has 1 aliphatic rings. The van der Waals surface area contributed by atoms with E-state index in [0.29, 0.717) is 18.2 Å². The molecule has 0 bridgehead atoms. The van der Waals surface area contributed by atoms with Gasteiger partial charge in [-0.05, 0) is 20.0 Å². The first-order valence-electron chi connectivity index (χ1n) is 6.62. The predicted octanol–water partition coefficient (Wildman–Crippen LogP) is 1.60. The molecule has 1 aliphatic heterocycles. The van der Waals surface area contributed by atoms with Crippen molar-refractivity contribution in [2.45, 2.75) is 19.0 Å². The number of hydrogen-bond acceptors (Lipinski definition) is 3. The Balaban J connectivity index is 2.24. The van der Waals surface area contributed by atoms with Crippen molar-refractivity contribution in [1.82, 2.24) is 9.80 Å². The van der Waals surface area contributed by atoms with Gasteiger partial charge in [0.1, 0.15) is 11.6 Å². The van der Waals surface area contributed by atoms with Gasteiger partial charge < -0.3 is 10.6 Å². The lowest BCUT2D eigenvalue weighted by Crippen LogP contribution is -2.53. The lowest BCUT2D eigenvalue weighted by Gasteiger charge is -2.42. The average Bonchev–Trinajstić information content (AvgIpc) is 2.34. The molecule has 1 aromatic rings. The molecule has 0 amide bonds. The summed E-state index contributed by atoms with van der Waals surface area (Å²) in [5, 5.41) is 0. The van der Waals surface area contributed by atoms with Gasteiger partial charge in [-0.3, -0.25) is 4.90 Å². The van der Waals surface area contributed by atoms with Crippen molar-refractivity contribution in [3.05, 3.63) is 35.4 Å². The third-order valence-electron chi connectivity index (χ3n) is 3.83. The molecule has 1 fully saturated rings. The smallest absolute Gasteiger partial charge is 0.130 e. The molecule has 0 spiro atoms. The normalized spacial score (nSPS) is 23.5. The Morgan fingerprint density at radius 1 is 1.37 bits per heavy atom. The molecule has 1 heterocycles. The maximum absolute atomic E-state index is 13.9. The highest BCUT2D eigenvalue weighted by molar-refractivity contribution is 5.23. The summed E-state index contributed by atoms with van der Waals surface area (Å²) in [4.78, 5) is 4.45. The number of rotatable bonds is 3. The van der Waals surface area contributed by atoms with Crippen molar-refractivity contribution >= 4 is 0 Å². The minimum Gasteiger partial charge on any atom is -0.329 e. The number of benzene rings is 1. The topological polar surface area (TPSA) is 32.5 Å². The lowest BCUT2D eigenvalue weighted by atomic mass is 10.0. The standard InChI is InChI=1S/C14H21F2N3/c1-10-9-18(2)5-6-19(10)14(8-17)12-4-3-11(15)7-13(12)16/h3-4,7,10,14H,5-6,8-9,17H2,1-2H3. The molecule has 3 nitrogen and oxygen atoms in total. The van der Waals surface area contributed by atoms with Crippen LogP contribution in [0, 0.1) is 11.6 Å². The molecule has 0 aliphatic carbocycles. The van der Waals surface area contributed by atoms with Gasteiger partial charge in [-0.2, -0.15) is 0 Å². The maximum Gasteiger partial charge on any atom is 0.130 e. The quantitative estimate of drug-likeness (QED) is 0.904. The van der Waals surface area contributed by atoms with Crippen LogP contribution in [0.15, 0.2) is 18.2 Å². The van der Waals surface area contributed by atoms with Gasteiger partial charge >= 0.3 is 0 Å². The van der Waals surface area contributed by atoms with Gasteiger partial charge in [0.2, 0.25) is 0 Å². The van der Waals surface area contributed by atoms with Crippen molar-refractivity contribution < 1.29 is 8.78 Å². The van der Waals surface area contributed by atoms with E-state index >= 15 is 0 Å². The molecule has 2 rings (SSSR count). The molecule has 2 N–H and O–H groups in total. The highest BCUT2D eigenvalue weighted by Gasteiger charge is 2.29. The number of likely N-dealkylation sites (N-methyl/N-ethyl adjacent to an activating group) is 1. The zero-order valence-electron chi connectivity index (χ0n) is 11.4. The zero-order chi connectivity index (χ0) is 14.0. The van der Waals surface area contributed by atoms with Gasteiger partial charge in [0.25, 0.3) is 0 Å². The van der Waals surface area contributed by atoms with Crippen LogP contribution in [0.4, 0.5) is 8.78 Å². The Kier molecular flexibility index (Phi) is 4.50. The van der Waals surface area contributed by atoms with Gasteiger partial charge in [-0.25, -0.2) is 8.78 Å². The van der Waals surface area contributed by atoms with E-state index in [9.17, 15) is 8.78 Å². The highest BCUT2D eigenvalue weighted by Crippen LogP contribution is 2.26. The molecule has 2 unspecified atom stereocenters. The summed E-state index contributed by atoms with van der Waals surface area (Å²) in [7, 11) is 2.07. The Labute approximate surface area is 113 Å². The molecule has 19 heavy (non-hydrogen) atoms. The summed E-state index contributed by atoms with van der Waals surface area (Å²) in [5.41, 5.74) is 6.31. The third kappa shape index (κ3) is 3.11. The molecular formula is C14H21F2N3. The monoisotopic (exact) mass is 269 g/mol. The molecule has 5 heteroatoms. The fraction of sp³-hybridized carbons (Fsp3) is 0.571. The molecule has 2 atom stereocenters. The summed E-state index contributed by atoms with van der Waals surface area (Å²) < 4.78 is 26.9. The van der Waals surface area contributed by atoms with E-state index in [0.717, 1.165) is 25.7 Å². The molecule has 0 saturated carbocycles. The van der Waals surface area contributed by atoms with Gasteiger partial charge in [-0.15, -0.1) is 0 Å². The van der Waals surface area contributed by atoms with E-state index in [-0.39, 0.29) is 6.04 Å². The summed E-state index contributed by atoms with van der Waals surface area (Å²) in [6, 6.07) is 3.84. The highest BCUT2D eigenvalue weighted by atomic mass is 19.1. The summed E-state index contributed by atoms with van der Waals surface area (Å²) in [6.07, 6.45) is 0. The van der Waals surface area contributed by atoms with Crippen molar-refractivity contribution in [1.29, 1.82) is 0 Å². The summed E-state index contributed by atoms with van der Waals surface area (Å²) in [5.74, 6) is -1.06. The number of piperazine rings is 1. The number of nitrogens with two attached hydrogens (primary N) is 1. The van der Waals surface area contributed by atoms with Crippen LogP contribution in [0.3, 0.4) is 0 Å². The van der Waals surface area contributed by atoms with Crippen molar-refractivity contribution in [3.8, 4) is 0 Å². The largest absolute Gasteiger partial charge is 0.329 e. The number of hydrogen-bond donors (Lipinski definition) is 1. The summed E-state index contributed by atoms with van der Waals surface area (Å²) in [6.45, 7) is 5.15. The first kappa shape index (κ1) is 14.4. The van der Waals surface area contributed by atoms with Crippen LogP contribution in [0.5, 0.6) is 0 Å². The van der Waals surface area contributed by atoms with Crippen molar-refractivity contribution in [2.24, 2.45) is 5.73 Å². The number of halogens is 2. The zero-order valence-corrected chi connectivity index (χ0v) is 11.4. The Bertz CT molecular complexity index is 439. The van der Waals surface area contributed by atoms with Gasteiger partial charge in [-0.1, -0.05) is 6.07 Å². The van der Waals surface area contributed by atoms with Gasteiger partial charge in [0, 0.05) is 43.9 Å². The summed E-state index contributed by atoms with van der Waals surface area (Å²) >= 11 is 0. The third-order valence-corrected chi connectivity index (χ3v) is 3.83. The minimum absolute atomic E-state index is 0.190. The second-order valence-electron chi connectivity index (χ2n) is 5.27. The van der Waals surface area contributed by atoms with E-state index in [2.05, 4.69) is 23.8 Å². The van der Waals surface area contributed by atoms with E-state index in [1.54, 1.807) is 0 Å². The first-order chi connectivity index (χ1) is 9.02. The molecule has 1 aromatic carbocycles. The van der Waals surface area contributed by atoms with Crippen LogP contribution >= 0.6 is 0 Å². The molecule has 0 radical (unpaired) electrons. The predicted molar refractivity (Wildman–Crippen MR) is 71.8 cm³/mol. The molecule has 1 saturated heterocycles. The van der Waals surface area contributed by atoms with Crippen molar-refractivity contribution in [3.63, 3.8) is 0 Å². The number of nitrogens with zero attached hydrogens (tertiary/aromatic N) is 2. The van der Waals surface area contributed by atoms with Crippen LogP contribution in [-0.2, 0) is 0 Å². The molecular weight excluding hydrogens is 248 g/mol. The molecule has 106 valence electrons. The maximum atomic E-state index is 13.9. The first-order valence-corrected chi connectivity index (χ1v) is 6.62. The van der Waals surface area contributed by atoms with Crippen LogP contribution in [0.2, 0.25) is 0 Å². The van der Waals surface area contributed by atoms with Crippen LogP contribution in [0.25, 0.3) is 0 Å². The van der Waals surface area contributed by atoms with Crippen LogP contribution < -0.4 is 5.73 Å². The van der Waals surface area contributed by atoms with E-state index < -0.39 is 11.6 Å². The average molecular weight is 269 g/mol. The minimum atomic E-state index is -0.552. The van der Waals surface area contributed by atoms with E-state index in [1.165, 1.54) is 12.1 Å².